The van der Waals surface area contributed by atoms with Gasteiger partial charge < -0.3 is 25.4 Å². The van der Waals surface area contributed by atoms with Crippen LogP contribution in [-0.4, -0.2) is 87.7 Å². The summed E-state index contributed by atoms with van der Waals surface area (Å²) < 4.78 is 35.5. The normalized spacial score (nSPS) is 26.9. The summed E-state index contributed by atoms with van der Waals surface area (Å²) in [5, 5.41) is 15.3. The minimum Gasteiger partial charge on any atom is -0.471 e. The lowest BCUT2D eigenvalue weighted by Crippen LogP contribution is -2.58. The third-order valence-electron chi connectivity index (χ3n) is 10.6. The van der Waals surface area contributed by atoms with Gasteiger partial charge in [0.2, 0.25) is 27.7 Å². The molecule has 2 aliphatic heterocycles. The summed E-state index contributed by atoms with van der Waals surface area (Å²) in [6.45, 7) is -0.0757. The molecule has 0 radical (unpaired) electrons. The molecule has 4 aliphatic rings. The number of nitrogens with zero attached hydrogens (tertiary/aromatic N) is 3. The summed E-state index contributed by atoms with van der Waals surface area (Å²) in [5.41, 5.74) is 0.224. The lowest BCUT2D eigenvalue weighted by atomic mass is 10.1. The number of rotatable bonds is 7. The van der Waals surface area contributed by atoms with Crippen molar-refractivity contribution in [3.63, 3.8) is 0 Å². The molecule has 16 heteroatoms. The van der Waals surface area contributed by atoms with Gasteiger partial charge in [0.1, 0.15) is 29.4 Å². The number of amides is 4. The van der Waals surface area contributed by atoms with Crippen molar-refractivity contribution in [3.8, 4) is 16.5 Å². The molecule has 2 aromatic carbocycles. The minimum atomic E-state index is -3.91. The molecule has 14 nitrogen and oxygen atoms in total. The Labute approximate surface area is 315 Å². The summed E-state index contributed by atoms with van der Waals surface area (Å²) >= 11 is 1.53. The number of allylic oxidation sites excluding steroid dienone is 1. The van der Waals surface area contributed by atoms with Crippen LogP contribution in [0.3, 0.4) is 0 Å². The van der Waals surface area contributed by atoms with E-state index in [0.717, 1.165) is 27.8 Å². The number of benzene rings is 2. The molecule has 4 amide bonds. The predicted molar refractivity (Wildman–Crippen MR) is 201 cm³/mol. The molecule has 8 rings (SSSR count). The van der Waals surface area contributed by atoms with E-state index in [1.54, 1.807) is 0 Å². The fourth-order valence-corrected chi connectivity index (χ4v) is 9.89. The van der Waals surface area contributed by atoms with E-state index in [2.05, 4.69) is 15.4 Å². The molecule has 2 aromatic heterocycles. The standard InChI is InChI=1S/C38H40N6O8S2/c45-33-29-19-24(52-34-32(39-26-12-7-8-13-27(26)40-34)31-18-22-10-6-9-15-30(22)53-31)21-44(29)35(46)28(41-37(48)49)14-5-3-1-2-4-11-23-20-38(23,42-33)36(47)43-54(50,51)25-16-17-25/h4,6-13,15,18,23-25,28-29,41H,1-3,5,14,16-17,19-21H2,(H,42,45)(H,43,47)(H,48,49)/b11-4-/t23-,24-,28+,29+,38-/m1/s1. The van der Waals surface area contributed by atoms with E-state index in [9.17, 15) is 32.7 Å². The first-order chi connectivity index (χ1) is 26.0. The van der Waals surface area contributed by atoms with Crippen LogP contribution in [0, 0.1) is 5.92 Å². The van der Waals surface area contributed by atoms with E-state index in [1.165, 1.54) is 16.2 Å². The number of carbonyl (C=O) groups is 4. The van der Waals surface area contributed by atoms with Gasteiger partial charge >= 0.3 is 6.09 Å². The number of aromatic nitrogens is 2. The summed E-state index contributed by atoms with van der Waals surface area (Å²) in [7, 11) is -3.91. The fourth-order valence-electron chi connectivity index (χ4n) is 7.48. The molecule has 4 N–H and O–H groups in total. The Hall–Kier alpha value is -5.09. The van der Waals surface area contributed by atoms with Crippen LogP contribution in [0.2, 0.25) is 0 Å². The average Bonchev–Trinajstić information content (AvgIpc) is 4.03. The van der Waals surface area contributed by atoms with E-state index in [-0.39, 0.29) is 31.7 Å². The summed E-state index contributed by atoms with van der Waals surface area (Å²) in [5.74, 6) is -2.29. The number of fused-ring (bicyclic) bond motifs is 4. The van der Waals surface area contributed by atoms with Crippen molar-refractivity contribution in [3.05, 3.63) is 66.7 Å². The van der Waals surface area contributed by atoms with Gasteiger partial charge in [-0.3, -0.25) is 19.1 Å². The Balaban J connectivity index is 1.13. The minimum absolute atomic E-state index is 0.00367. The molecular formula is C38H40N6O8S2. The number of nitrogens with one attached hydrogen (secondary N) is 3. The Morgan fingerprint density at radius 3 is 2.52 bits per heavy atom. The number of sulfonamides is 1. The van der Waals surface area contributed by atoms with E-state index >= 15 is 0 Å². The van der Waals surface area contributed by atoms with Crippen LogP contribution in [-0.2, 0) is 24.4 Å². The zero-order valence-corrected chi connectivity index (χ0v) is 30.9. The van der Waals surface area contributed by atoms with Gasteiger partial charge in [-0.15, -0.1) is 11.3 Å². The maximum absolute atomic E-state index is 14.3. The smallest absolute Gasteiger partial charge is 0.405 e. The average molecular weight is 773 g/mol. The second kappa shape index (κ2) is 14.3. The van der Waals surface area contributed by atoms with Crippen molar-refractivity contribution in [2.45, 2.75) is 86.8 Å². The number of thiophene rings is 1. The van der Waals surface area contributed by atoms with Crippen molar-refractivity contribution < 1.29 is 37.4 Å². The molecule has 4 heterocycles. The number of hydrogen-bond donors (Lipinski definition) is 4. The first-order valence-electron chi connectivity index (χ1n) is 18.3. The number of ether oxygens (including phenoxy) is 1. The molecule has 2 aliphatic carbocycles. The third kappa shape index (κ3) is 7.23. The molecule has 4 aromatic rings. The highest BCUT2D eigenvalue weighted by atomic mass is 32.2. The first kappa shape index (κ1) is 35.9. The summed E-state index contributed by atoms with van der Waals surface area (Å²) in [4.78, 5) is 66.1. The highest BCUT2D eigenvalue weighted by molar-refractivity contribution is 7.91. The van der Waals surface area contributed by atoms with E-state index in [0.29, 0.717) is 42.4 Å². The molecule has 282 valence electrons. The van der Waals surface area contributed by atoms with Crippen LogP contribution in [0.25, 0.3) is 31.7 Å². The molecule has 0 spiro atoms. The molecular weight excluding hydrogens is 733 g/mol. The van der Waals surface area contributed by atoms with Gasteiger partial charge in [-0.2, -0.15) is 0 Å². The molecule has 2 saturated carbocycles. The highest BCUT2D eigenvalue weighted by Crippen LogP contribution is 2.46. The second-order valence-electron chi connectivity index (χ2n) is 14.5. The molecule has 3 fully saturated rings. The lowest BCUT2D eigenvalue weighted by molar-refractivity contribution is -0.141. The van der Waals surface area contributed by atoms with Crippen LogP contribution in [0.15, 0.2) is 66.7 Å². The Morgan fingerprint density at radius 1 is 1.00 bits per heavy atom. The van der Waals surface area contributed by atoms with Crippen LogP contribution in [0.5, 0.6) is 5.88 Å². The maximum atomic E-state index is 14.3. The van der Waals surface area contributed by atoms with Crippen LogP contribution >= 0.6 is 11.3 Å². The molecule has 54 heavy (non-hydrogen) atoms. The fraction of sp³-hybridized carbons (Fsp3) is 0.421. The maximum Gasteiger partial charge on any atom is 0.405 e. The van der Waals surface area contributed by atoms with Crippen molar-refractivity contribution in [2.24, 2.45) is 5.92 Å². The Morgan fingerprint density at radius 2 is 1.76 bits per heavy atom. The zero-order chi connectivity index (χ0) is 37.6. The van der Waals surface area contributed by atoms with Gasteiger partial charge in [0.05, 0.1) is 27.7 Å². The lowest BCUT2D eigenvalue weighted by Gasteiger charge is -2.29. The van der Waals surface area contributed by atoms with Gasteiger partial charge in [-0.1, -0.05) is 55.3 Å². The summed E-state index contributed by atoms with van der Waals surface area (Å²) in [6, 6.07) is 15.0. The Kier molecular flexibility index (Phi) is 9.50. The van der Waals surface area contributed by atoms with Gasteiger partial charge in [0.25, 0.3) is 5.91 Å². The first-order valence-corrected chi connectivity index (χ1v) is 20.6. The summed E-state index contributed by atoms with van der Waals surface area (Å²) in [6.07, 6.45) is 5.68. The van der Waals surface area contributed by atoms with Crippen molar-refractivity contribution >= 4 is 66.3 Å². The number of carboxylic acid groups (broad SMARTS) is 1. The van der Waals surface area contributed by atoms with Gasteiger partial charge in [0.15, 0.2) is 0 Å². The monoisotopic (exact) mass is 772 g/mol. The largest absolute Gasteiger partial charge is 0.471 e. The van der Waals surface area contributed by atoms with E-state index < -0.39 is 68.7 Å². The predicted octanol–water partition coefficient (Wildman–Crippen LogP) is 4.50. The number of hydrogen-bond acceptors (Lipinski definition) is 10. The molecule has 1 saturated heterocycles. The van der Waals surface area contributed by atoms with Crippen LogP contribution in [0.4, 0.5) is 4.79 Å². The van der Waals surface area contributed by atoms with Gasteiger partial charge in [0, 0.05) is 17.0 Å². The van der Waals surface area contributed by atoms with Crippen LogP contribution < -0.4 is 20.1 Å². The highest BCUT2D eigenvalue weighted by Gasteiger charge is 2.62. The molecule has 0 bridgehead atoms. The quantitative estimate of drug-likeness (QED) is 0.194. The topological polar surface area (TPSA) is 197 Å². The molecule has 5 atom stereocenters. The Bertz CT molecular complexity index is 2260. The number of para-hydroxylation sites is 2. The van der Waals surface area contributed by atoms with Crippen molar-refractivity contribution in [1.82, 2.24) is 30.2 Å². The third-order valence-corrected chi connectivity index (χ3v) is 13.6. The van der Waals surface area contributed by atoms with Gasteiger partial charge in [-0.25, -0.2) is 23.2 Å². The number of carbonyl (C=O) groups excluding carboxylic acids is 3. The second-order valence-corrected chi connectivity index (χ2v) is 17.6. The molecule has 0 unspecified atom stereocenters. The van der Waals surface area contributed by atoms with Crippen molar-refractivity contribution in [2.75, 3.05) is 6.54 Å². The van der Waals surface area contributed by atoms with Gasteiger partial charge in [-0.05, 0) is 68.2 Å². The van der Waals surface area contributed by atoms with E-state index in [1.807, 2.05) is 66.7 Å². The zero-order valence-electron chi connectivity index (χ0n) is 29.3. The van der Waals surface area contributed by atoms with Crippen LogP contribution in [0.1, 0.15) is 57.8 Å². The van der Waals surface area contributed by atoms with Crippen molar-refractivity contribution in [1.29, 1.82) is 0 Å². The van der Waals surface area contributed by atoms with E-state index in [4.69, 9.17) is 14.7 Å². The SMILES string of the molecule is O=C(O)N[C@H]1CCCCC/C=C\[C@@H]2C[C@@]2(C(=O)NS(=O)(=O)C2CC2)NC(=O)[C@@H]2C[C@@H](Oc3nc4ccccc4nc3-c3cc4ccccc4s3)CN2C1=O.